The van der Waals surface area contributed by atoms with Crippen LogP contribution in [0.4, 0.5) is 0 Å². The third kappa shape index (κ3) is 4.33. The number of hydrogen-bond acceptors (Lipinski definition) is 7. The maximum absolute atomic E-state index is 11.1. The van der Waals surface area contributed by atoms with Crippen LogP contribution in [-0.4, -0.2) is 56.5 Å². The number of benzene rings is 2. The SMILES string of the molecule is CCc1cc(-c2noc(C3=NN(CC)[C@H](c4ccccc4)C3)n2)ccc1CN1CC(C(=O)O)C1. The molecule has 0 unspecified atom stereocenters. The summed E-state index contributed by atoms with van der Waals surface area (Å²) in [5.74, 6) is 0.0688. The van der Waals surface area contributed by atoms with Gasteiger partial charge >= 0.3 is 5.97 Å². The predicted molar refractivity (Wildman–Crippen MR) is 128 cm³/mol. The molecule has 0 radical (unpaired) electrons. The first kappa shape index (κ1) is 22.3. The molecule has 1 N–H and O–H groups in total. The minimum atomic E-state index is -0.709. The van der Waals surface area contributed by atoms with Crippen molar-refractivity contribution < 1.29 is 14.4 Å². The van der Waals surface area contributed by atoms with E-state index < -0.39 is 5.97 Å². The van der Waals surface area contributed by atoms with Gasteiger partial charge in [0.1, 0.15) is 5.71 Å². The summed E-state index contributed by atoms with van der Waals surface area (Å²) < 4.78 is 5.63. The highest BCUT2D eigenvalue weighted by Crippen LogP contribution is 2.32. The van der Waals surface area contributed by atoms with Crippen molar-refractivity contribution in [3.63, 3.8) is 0 Å². The maximum Gasteiger partial charge on any atom is 0.309 e. The zero-order chi connectivity index (χ0) is 23.7. The summed E-state index contributed by atoms with van der Waals surface area (Å²) in [5, 5.41) is 20.2. The number of carboxylic acid groups (broad SMARTS) is 1. The second-order valence-corrected chi connectivity index (χ2v) is 8.92. The lowest BCUT2D eigenvalue weighted by Crippen LogP contribution is -2.49. The van der Waals surface area contributed by atoms with E-state index in [-0.39, 0.29) is 12.0 Å². The van der Waals surface area contributed by atoms with Crippen molar-refractivity contribution in [1.29, 1.82) is 0 Å². The highest BCUT2D eigenvalue weighted by molar-refractivity contribution is 5.98. The minimum absolute atomic E-state index is 0.171. The number of aromatic nitrogens is 2. The summed E-state index contributed by atoms with van der Waals surface area (Å²) in [6, 6.07) is 16.8. The van der Waals surface area contributed by atoms with Crippen LogP contribution in [0.1, 0.15) is 48.9 Å². The van der Waals surface area contributed by atoms with Crippen molar-refractivity contribution in [2.45, 2.75) is 39.3 Å². The van der Waals surface area contributed by atoms with Gasteiger partial charge < -0.3 is 9.63 Å². The highest BCUT2D eigenvalue weighted by atomic mass is 16.5. The molecule has 2 aliphatic heterocycles. The fraction of sp³-hybridized carbons (Fsp3) is 0.385. The predicted octanol–water partition coefficient (Wildman–Crippen LogP) is 3.99. The Balaban J connectivity index is 1.31. The van der Waals surface area contributed by atoms with Gasteiger partial charge in [0.2, 0.25) is 5.82 Å². The molecule has 176 valence electrons. The third-order valence-electron chi connectivity index (χ3n) is 6.72. The topological polar surface area (TPSA) is 95.1 Å². The Hall–Kier alpha value is -3.52. The Morgan fingerprint density at radius 2 is 1.91 bits per heavy atom. The molecule has 0 amide bonds. The van der Waals surface area contributed by atoms with Gasteiger partial charge in [-0.3, -0.25) is 14.7 Å². The second kappa shape index (κ2) is 9.38. The molecule has 2 aliphatic rings. The normalized spacial score (nSPS) is 18.7. The average molecular weight is 460 g/mol. The van der Waals surface area contributed by atoms with Crippen LogP contribution in [0.15, 0.2) is 58.2 Å². The molecule has 2 aromatic carbocycles. The molecule has 3 aromatic rings. The van der Waals surface area contributed by atoms with Crippen LogP contribution >= 0.6 is 0 Å². The summed E-state index contributed by atoms with van der Waals surface area (Å²) in [6.07, 6.45) is 1.60. The number of carboxylic acids is 1. The zero-order valence-corrected chi connectivity index (χ0v) is 19.5. The Kier molecular flexibility index (Phi) is 6.15. The molecule has 0 bridgehead atoms. The van der Waals surface area contributed by atoms with Crippen molar-refractivity contribution in [2.75, 3.05) is 19.6 Å². The number of aryl methyl sites for hydroxylation is 1. The lowest BCUT2D eigenvalue weighted by molar-refractivity contribution is -0.147. The fourth-order valence-corrected chi connectivity index (χ4v) is 4.74. The second-order valence-electron chi connectivity index (χ2n) is 8.92. The summed E-state index contributed by atoms with van der Waals surface area (Å²) in [6.45, 7) is 6.99. The van der Waals surface area contributed by atoms with Crippen LogP contribution in [0.5, 0.6) is 0 Å². The number of rotatable bonds is 8. The largest absolute Gasteiger partial charge is 0.481 e. The third-order valence-corrected chi connectivity index (χ3v) is 6.72. The molecular formula is C26H29N5O3. The van der Waals surface area contributed by atoms with Gasteiger partial charge in [0.05, 0.1) is 12.0 Å². The number of aliphatic carboxylic acids is 1. The van der Waals surface area contributed by atoms with Crippen LogP contribution in [0.2, 0.25) is 0 Å². The zero-order valence-electron chi connectivity index (χ0n) is 19.5. The molecule has 8 nitrogen and oxygen atoms in total. The average Bonchev–Trinajstić information content (AvgIpc) is 3.49. The number of carbonyl (C=O) groups is 1. The summed E-state index contributed by atoms with van der Waals surface area (Å²) in [4.78, 5) is 17.9. The van der Waals surface area contributed by atoms with Gasteiger partial charge in [-0.15, -0.1) is 0 Å². The van der Waals surface area contributed by atoms with Gasteiger partial charge in [-0.2, -0.15) is 10.1 Å². The van der Waals surface area contributed by atoms with Crippen LogP contribution in [0, 0.1) is 5.92 Å². The fourth-order valence-electron chi connectivity index (χ4n) is 4.74. The maximum atomic E-state index is 11.1. The molecular weight excluding hydrogens is 430 g/mol. The van der Waals surface area contributed by atoms with E-state index in [1.54, 1.807) is 0 Å². The summed E-state index contributed by atoms with van der Waals surface area (Å²) in [7, 11) is 0. The lowest BCUT2D eigenvalue weighted by Gasteiger charge is -2.37. The van der Waals surface area contributed by atoms with E-state index in [9.17, 15) is 4.79 Å². The highest BCUT2D eigenvalue weighted by Gasteiger charge is 2.33. The van der Waals surface area contributed by atoms with Gasteiger partial charge in [-0.25, -0.2) is 0 Å². The number of likely N-dealkylation sites (tertiary alicyclic amines) is 1. The molecule has 1 aromatic heterocycles. The summed E-state index contributed by atoms with van der Waals surface area (Å²) >= 11 is 0. The van der Waals surface area contributed by atoms with Gasteiger partial charge in [0.25, 0.3) is 5.89 Å². The first-order chi connectivity index (χ1) is 16.6. The summed E-state index contributed by atoms with van der Waals surface area (Å²) in [5.41, 5.74) is 5.37. The number of hydrogen-bond donors (Lipinski definition) is 1. The van der Waals surface area contributed by atoms with Crippen LogP contribution in [-0.2, 0) is 17.8 Å². The van der Waals surface area contributed by atoms with Crippen LogP contribution < -0.4 is 0 Å². The van der Waals surface area contributed by atoms with Crippen LogP contribution in [0.3, 0.4) is 0 Å². The first-order valence-corrected chi connectivity index (χ1v) is 11.9. The molecule has 1 saturated heterocycles. The van der Waals surface area contributed by atoms with E-state index in [0.717, 1.165) is 37.2 Å². The van der Waals surface area contributed by atoms with Gasteiger partial charge in [-0.05, 0) is 36.1 Å². The first-order valence-electron chi connectivity index (χ1n) is 11.9. The Morgan fingerprint density at radius 1 is 1.12 bits per heavy atom. The molecule has 3 heterocycles. The van der Waals surface area contributed by atoms with Crippen molar-refractivity contribution in [1.82, 2.24) is 20.0 Å². The van der Waals surface area contributed by atoms with E-state index >= 15 is 0 Å². The van der Waals surface area contributed by atoms with Crippen molar-refractivity contribution in [3.8, 4) is 11.4 Å². The molecule has 34 heavy (non-hydrogen) atoms. The van der Waals surface area contributed by atoms with Gasteiger partial charge in [0, 0.05) is 38.2 Å². The van der Waals surface area contributed by atoms with E-state index in [1.807, 2.05) is 24.3 Å². The monoisotopic (exact) mass is 459 g/mol. The molecule has 5 rings (SSSR count). The van der Waals surface area contributed by atoms with E-state index in [0.29, 0.717) is 24.8 Å². The minimum Gasteiger partial charge on any atom is -0.481 e. The van der Waals surface area contributed by atoms with Gasteiger partial charge in [0.15, 0.2) is 0 Å². The molecule has 0 spiro atoms. The quantitative estimate of drug-likeness (QED) is 0.544. The lowest BCUT2D eigenvalue weighted by atomic mass is 9.96. The Labute approximate surface area is 198 Å². The standard InChI is InChI=1S/C26H29N5O3/c1-3-17-12-19(10-11-20(17)14-30-15-21(16-30)26(32)33)24-27-25(34-29-24)22-13-23(31(4-2)28-22)18-8-6-5-7-9-18/h5-12,21,23H,3-4,13-16H2,1-2H3,(H,32,33)/t23-/m0/s1. The van der Waals surface area contributed by atoms with E-state index in [1.165, 1.54) is 16.7 Å². The number of hydrazone groups is 1. The number of nitrogens with zero attached hydrogens (tertiary/aromatic N) is 5. The van der Waals surface area contributed by atoms with E-state index in [4.69, 9.17) is 14.7 Å². The molecule has 0 aliphatic carbocycles. The Morgan fingerprint density at radius 3 is 2.62 bits per heavy atom. The molecule has 1 fully saturated rings. The molecule has 8 heteroatoms. The Bertz CT molecular complexity index is 1200. The van der Waals surface area contributed by atoms with Crippen LogP contribution in [0.25, 0.3) is 11.4 Å². The molecule has 1 atom stereocenters. The van der Waals surface area contributed by atoms with Crippen molar-refractivity contribution in [2.24, 2.45) is 11.0 Å². The smallest absolute Gasteiger partial charge is 0.309 e. The molecule has 0 saturated carbocycles. The van der Waals surface area contributed by atoms with Crippen molar-refractivity contribution >= 4 is 11.7 Å². The van der Waals surface area contributed by atoms with E-state index in [2.05, 4.69) is 58.2 Å². The van der Waals surface area contributed by atoms with Gasteiger partial charge in [-0.1, -0.05) is 54.5 Å². The van der Waals surface area contributed by atoms with Crippen molar-refractivity contribution in [3.05, 3.63) is 71.1 Å².